The van der Waals surface area contributed by atoms with Gasteiger partial charge in [0.25, 0.3) is 0 Å². The fourth-order valence-electron chi connectivity index (χ4n) is 9.12. The predicted octanol–water partition coefficient (Wildman–Crippen LogP) is 10.4. The van der Waals surface area contributed by atoms with Gasteiger partial charge in [0.2, 0.25) is 0 Å². The van der Waals surface area contributed by atoms with Crippen molar-refractivity contribution in [1.29, 1.82) is 0 Å². The predicted molar refractivity (Wildman–Crippen MR) is 144 cm³/mol. The van der Waals surface area contributed by atoms with Crippen LogP contribution in [0.25, 0.3) is 0 Å². The maximum atomic E-state index is 5.55. The molecule has 2 aliphatic carbocycles. The van der Waals surface area contributed by atoms with Crippen molar-refractivity contribution in [3.05, 3.63) is 0 Å². The lowest BCUT2D eigenvalue weighted by Gasteiger charge is -2.58. The molecule has 2 aliphatic rings. The zero-order valence-corrected chi connectivity index (χ0v) is 23.6. The maximum Gasteiger partial charge on any atom is 0.0211 e. The summed E-state index contributed by atoms with van der Waals surface area (Å²) in [5.41, 5.74) is 1.01. The summed E-state index contributed by atoms with van der Waals surface area (Å²) in [5, 5.41) is 0. The molecule has 0 N–H and O–H groups in total. The monoisotopic (exact) mass is 450 g/mol. The molecular weight excluding hydrogens is 392 g/mol. The highest BCUT2D eigenvalue weighted by Gasteiger charge is 2.54. The molecule has 0 bridgehead atoms. The van der Waals surface area contributed by atoms with Gasteiger partial charge in [-0.25, -0.2) is 0 Å². The summed E-state index contributed by atoms with van der Waals surface area (Å²) in [4.78, 5) is 0. The van der Waals surface area contributed by atoms with Gasteiger partial charge in [-0.15, -0.1) is 0 Å². The molecule has 0 nitrogen and oxygen atoms in total. The molecule has 0 aromatic heterocycles. The second kappa shape index (κ2) is 11.7. The van der Waals surface area contributed by atoms with E-state index in [9.17, 15) is 0 Å². The van der Waals surface area contributed by atoms with E-state index in [-0.39, 0.29) is 4.75 Å². The van der Waals surface area contributed by atoms with Gasteiger partial charge in [-0.3, -0.25) is 0 Å². The van der Waals surface area contributed by atoms with E-state index < -0.39 is 0 Å². The van der Waals surface area contributed by atoms with Crippen molar-refractivity contribution in [3.63, 3.8) is 0 Å². The van der Waals surface area contributed by atoms with Crippen LogP contribution in [0, 0.1) is 40.4 Å². The van der Waals surface area contributed by atoms with Gasteiger partial charge in [0.05, 0.1) is 0 Å². The first-order valence-electron chi connectivity index (χ1n) is 14.5. The minimum Gasteiger partial charge on any atom is -0.172 e. The number of hydrogen-bond donors (Lipinski definition) is 1. The SMILES string of the molecule is CCC(C)C(S)(CC)C(CC)(CC)C1CCC(C(CC)(CC)C2CCC(C)CC2)CC1. The third kappa shape index (κ3) is 4.93. The van der Waals surface area contributed by atoms with Gasteiger partial charge in [0, 0.05) is 4.75 Å². The quantitative estimate of drug-likeness (QED) is 0.297. The molecule has 2 atom stereocenters. The number of thiol groups is 1. The van der Waals surface area contributed by atoms with Gasteiger partial charge in [-0.1, -0.05) is 74.7 Å². The minimum absolute atomic E-state index is 0.175. The van der Waals surface area contributed by atoms with E-state index >= 15 is 0 Å². The second-order valence-electron chi connectivity index (χ2n) is 11.9. The van der Waals surface area contributed by atoms with E-state index in [2.05, 4.69) is 55.4 Å². The highest BCUT2D eigenvalue weighted by atomic mass is 32.1. The Morgan fingerprint density at radius 1 is 0.645 bits per heavy atom. The lowest BCUT2D eigenvalue weighted by molar-refractivity contribution is -0.0335. The molecule has 2 saturated carbocycles. The molecule has 0 saturated heterocycles. The van der Waals surface area contributed by atoms with Crippen LogP contribution in [0.3, 0.4) is 0 Å². The molecule has 0 amide bonds. The molecule has 0 heterocycles. The van der Waals surface area contributed by atoms with Crippen molar-refractivity contribution < 1.29 is 0 Å². The van der Waals surface area contributed by atoms with Crippen LogP contribution in [0.4, 0.5) is 0 Å². The Balaban J connectivity index is 2.23. The van der Waals surface area contributed by atoms with Crippen LogP contribution in [0.5, 0.6) is 0 Å². The molecule has 2 fully saturated rings. The van der Waals surface area contributed by atoms with Crippen LogP contribution in [0.2, 0.25) is 0 Å². The smallest absolute Gasteiger partial charge is 0.0211 e. The lowest BCUT2D eigenvalue weighted by atomic mass is 9.51. The average Bonchev–Trinajstić information content (AvgIpc) is 2.82. The second-order valence-corrected chi connectivity index (χ2v) is 12.7. The fraction of sp³-hybridized carbons (Fsp3) is 1.00. The van der Waals surface area contributed by atoms with Crippen molar-refractivity contribution >= 4 is 12.6 Å². The van der Waals surface area contributed by atoms with E-state index in [0.29, 0.717) is 16.7 Å². The standard InChI is InChI=1S/C30H58S/c1-9-24(8)30(31,14-6)29(12-4,13-5)27-21-19-26(20-22-27)28(10-2,11-3)25-17-15-23(7)16-18-25/h23-27,31H,9-22H2,1-8H3. The summed E-state index contributed by atoms with van der Waals surface area (Å²) in [5.74, 6) is 4.47. The van der Waals surface area contributed by atoms with Crippen molar-refractivity contribution in [2.24, 2.45) is 40.4 Å². The Hall–Kier alpha value is 0.350. The van der Waals surface area contributed by atoms with E-state index in [4.69, 9.17) is 12.6 Å². The summed E-state index contributed by atoms with van der Waals surface area (Å²) in [6, 6.07) is 0. The summed E-state index contributed by atoms with van der Waals surface area (Å²) in [6.45, 7) is 19.7. The third-order valence-corrected chi connectivity index (χ3v) is 12.8. The first-order valence-corrected chi connectivity index (χ1v) is 14.9. The number of hydrogen-bond acceptors (Lipinski definition) is 1. The fourth-order valence-corrected chi connectivity index (χ4v) is 9.80. The molecule has 2 rings (SSSR count). The normalized spacial score (nSPS) is 31.3. The van der Waals surface area contributed by atoms with Gasteiger partial charge in [0.15, 0.2) is 0 Å². The summed E-state index contributed by atoms with van der Waals surface area (Å²) in [7, 11) is 0. The number of rotatable bonds is 11. The van der Waals surface area contributed by atoms with Crippen molar-refractivity contribution in [2.75, 3.05) is 0 Å². The molecule has 0 spiro atoms. The van der Waals surface area contributed by atoms with Crippen LogP contribution < -0.4 is 0 Å². The molecule has 2 unspecified atom stereocenters. The van der Waals surface area contributed by atoms with Crippen molar-refractivity contribution in [3.8, 4) is 0 Å². The van der Waals surface area contributed by atoms with E-state index in [1.807, 2.05) is 0 Å². The van der Waals surface area contributed by atoms with Gasteiger partial charge in [-0.2, -0.15) is 12.6 Å². The largest absolute Gasteiger partial charge is 0.172 e. The van der Waals surface area contributed by atoms with Crippen LogP contribution >= 0.6 is 12.6 Å². The molecule has 0 aromatic carbocycles. The van der Waals surface area contributed by atoms with Crippen molar-refractivity contribution in [2.45, 2.75) is 150 Å². The molecule has 0 radical (unpaired) electrons. The topological polar surface area (TPSA) is 0 Å². The lowest BCUT2D eigenvalue weighted by Crippen LogP contribution is -2.53. The Bertz CT molecular complexity index is 501. The Labute approximate surface area is 202 Å². The van der Waals surface area contributed by atoms with E-state index in [1.54, 1.807) is 0 Å². The molecule has 0 aromatic rings. The summed E-state index contributed by atoms with van der Waals surface area (Å²) < 4.78 is 0.175. The third-order valence-electron chi connectivity index (χ3n) is 11.6. The minimum atomic E-state index is 0.175. The summed E-state index contributed by atoms with van der Waals surface area (Å²) >= 11 is 5.55. The first-order chi connectivity index (χ1) is 14.7. The van der Waals surface area contributed by atoms with Crippen LogP contribution in [0.1, 0.15) is 145 Å². The highest BCUT2D eigenvalue weighted by molar-refractivity contribution is 7.81. The molecular formula is C30H58S. The molecule has 0 aliphatic heterocycles. The first kappa shape index (κ1) is 27.6. The van der Waals surface area contributed by atoms with Gasteiger partial charge in [-0.05, 0) is 111 Å². The van der Waals surface area contributed by atoms with E-state index in [1.165, 1.54) is 89.9 Å². The maximum absolute atomic E-state index is 5.55. The van der Waals surface area contributed by atoms with Gasteiger partial charge in [0.1, 0.15) is 0 Å². The molecule has 184 valence electrons. The van der Waals surface area contributed by atoms with Crippen LogP contribution in [-0.2, 0) is 0 Å². The zero-order valence-electron chi connectivity index (χ0n) is 22.7. The highest BCUT2D eigenvalue weighted by Crippen LogP contribution is 2.61. The van der Waals surface area contributed by atoms with Gasteiger partial charge >= 0.3 is 0 Å². The van der Waals surface area contributed by atoms with Crippen LogP contribution in [0.15, 0.2) is 0 Å². The zero-order chi connectivity index (χ0) is 23.3. The Kier molecular flexibility index (Phi) is 10.4. The summed E-state index contributed by atoms with van der Waals surface area (Å²) in [6.07, 6.45) is 19.7. The van der Waals surface area contributed by atoms with Crippen LogP contribution in [-0.4, -0.2) is 4.75 Å². The molecule has 31 heavy (non-hydrogen) atoms. The Morgan fingerprint density at radius 2 is 1.06 bits per heavy atom. The van der Waals surface area contributed by atoms with Crippen molar-refractivity contribution in [1.82, 2.24) is 0 Å². The van der Waals surface area contributed by atoms with E-state index in [0.717, 1.165) is 23.7 Å². The van der Waals surface area contributed by atoms with Gasteiger partial charge < -0.3 is 0 Å². The average molecular weight is 451 g/mol. The Morgan fingerprint density at radius 3 is 1.42 bits per heavy atom. The molecule has 1 heteroatoms.